The summed E-state index contributed by atoms with van der Waals surface area (Å²) in [4.78, 5) is 13.2. The molecule has 3 aromatic rings. The Kier molecular flexibility index (Phi) is 5.99. The first kappa shape index (κ1) is 21.0. The molecule has 4 rings (SSSR count). The predicted molar refractivity (Wildman–Crippen MR) is 113 cm³/mol. The second-order valence-corrected chi connectivity index (χ2v) is 7.04. The molecule has 1 aliphatic heterocycles. The maximum absolute atomic E-state index is 15.1. The summed E-state index contributed by atoms with van der Waals surface area (Å²) in [6.07, 6.45) is 3.53. The summed E-state index contributed by atoms with van der Waals surface area (Å²) in [5.74, 6) is -1.25. The topological polar surface area (TPSA) is 90.4 Å². The molecule has 1 aromatic carbocycles. The number of nitrogens with zero attached hydrogens (tertiary/aromatic N) is 3. The third kappa shape index (κ3) is 4.02. The highest BCUT2D eigenvalue weighted by molar-refractivity contribution is 5.92. The van der Waals surface area contributed by atoms with Gasteiger partial charge >= 0.3 is 0 Å². The molecular formula is C21H23F2N5O3. The van der Waals surface area contributed by atoms with Gasteiger partial charge in [-0.3, -0.25) is 0 Å². The summed E-state index contributed by atoms with van der Waals surface area (Å²) in [6, 6.07) is 2.69. The molecule has 2 aromatic heterocycles. The minimum atomic E-state index is -0.870. The molecule has 1 saturated heterocycles. The molecule has 0 amide bonds. The molecule has 0 aliphatic carbocycles. The molecule has 8 nitrogen and oxygen atoms in total. The van der Waals surface area contributed by atoms with Crippen LogP contribution in [0, 0.1) is 11.6 Å². The van der Waals surface area contributed by atoms with E-state index < -0.39 is 11.6 Å². The monoisotopic (exact) mass is 431 g/mol. The van der Waals surface area contributed by atoms with Crippen molar-refractivity contribution in [3.63, 3.8) is 0 Å². The molecule has 1 atom stereocenters. The summed E-state index contributed by atoms with van der Waals surface area (Å²) in [5.41, 5.74) is 0.239. The number of pyridine rings is 1. The average Bonchev–Trinajstić information content (AvgIpc) is 3.31. The highest BCUT2D eigenvalue weighted by atomic mass is 19.1. The van der Waals surface area contributed by atoms with E-state index in [1.54, 1.807) is 13.2 Å². The third-order valence-electron chi connectivity index (χ3n) is 5.14. The van der Waals surface area contributed by atoms with Crippen LogP contribution in [0.2, 0.25) is 0 Å². The number of benzene rings is 1. The van der Waals surface area contributed by atoms with E-state index in [1.165, 1.54) is 20.3 Å². The van der Waals surface area contributed by atoms with Gasteiger partial charge in [-0.1, -0.05) is 0 Å². The number of hydrogen-bond acceptors (Lipinski definition) is 8. The minimum Gasteiger partial charge on any atom is -0.494 e. The lowest BCUT2D eigenvalue weighted by atomic mass is 10.1. The van der Waals surface area contributed by atoms with Crippen molar-refractivity contribution in [2.45, 2.75) is 18.9 Å². The first-order chi connectivity index (χ1) is 15.0. The quantitative estimate of drug-likeness (QED) is 0.586. The Balaban J connectivity index is 1.87. The molecule has 1 unspecified atom stereocenters. The number of nitrogens with one attached hydrogen (secondary N) is 2. The van der Waals surface area contributed by atoms with Crippen molar-refractivity contribution in [3.8, 4) is 22.8 Å². The van der Waals surface area contributed by atoms with Crippen molar-refractivity contribution in [2.75, 3.05) is 45.1 Å². The normalized spacial score (nSPS) is 15.8. The molecule has 0 radical (unpaired) electrons. The summed E-state index contributed by atoms with van der Waals surface area (Å²) in [7, 11) is 4.31. The van der Waals surface area contributed by atoms with Gasteiger partial charge < -0.3 is 24.8 Å². The van der Waals surface area contributed by atoms with Crippen LogP contribution in [0.3, 0.4) is 0 Å². The number of rotatable bonds is 7. The van der Waals surface area contributed by atoms with E-state index in [-0.39, 0.29) is 28.9 Å². The fraction of sp³-hybridized carbons (Fsp3) is 0.381. The number of hydrogen-bond donors (Lipinski definition) is 2. The van der Waals surface area contributed by atoms with Crippen molar-refractivity contribution in [1.82, 2.24) is 15.0 Å². The van der Waals surface area contributed by atoms with E-state index in [2.05, 4.69) is 25.6 Å². The summed E-state index contributed by atoms with van der Waals surface area (Å²) < 4.78 is 45.9. The first-order valence-corrected chi connectivity index (χ1v) is 9.87. The zero-order valence-electron chi connectivity index (χ0n) is 17.5. The standard InChI is InChI=1S/C21H23F2N5O3/c1-24-21-26-9-11-7-13(16-17(22)14(29-2)8-15(30-3)18(16)23)27-20(19(11)28-21)25-10-12-5-4-6-31-12/h7-9,12H,4-6,10H2,1-3H3,(H,25,27)(H,24,26,28). The van der Waals surface area contributed by atoms with Crippen LogP contribution in [0.1, 0.15) is 12.8 Å². The van der Waals surface area contributed by atoms with Crippen LogP contribution >= 0.6 is 0 Å². The van der Waals surface area contributed by atoms with Gasteiger partial charge in [-0.25, -0.2) is 23.7 Å². The fourth-order valence-electron chi connectivity index (χ4n) is 3.54. The van der Waals surface area contributed by atoms with Gasteiger partial charge in [0, 0.05) is 37.8 Å². The second kappa shape index (κ2) is 8.84. The average molecular weight is 431 g/mol. The van der Waals surface area contributed by atoms with Gasteiger partial charge in [-0.2, -0.15) is 0 Å². The van der Waals surface area contributed by atoms with Crippen molar-refractivity contribution >= 4 is 22.7 Å². The largest absolute Gasteiger partial charge is 0.494 e. The highest BCUT2D eigenvalue weighted by Gasteiger charge is 2.24. The van der Waals surface area contributed by atoms with Gasteiger partial charge in [0.2, 0.25) is 5.95 Å². The van der Waals surface area contributed by atoms with Gasteiger partial charge in [0.05, 0.1) is 31.6 Å². The smallest absolute Gasteiger partial charge is 0.223 e. The van der Waals surface area contributed by atoms with Gasteiger partial charge in [0.25, 0.3) is 0 Å². The predicted octanol–water partition coefficient (Wildman–Crippen LogP) is 3.62. The number of anilines is 2. The molecule has 10 heteroatoms. The van der Waals surface area contributed by atoms with Crippen molar-refractivity contribution in [1.29, 1.82) is 0 Å². The van der Waals surface area contributed by atoms with Crippen molar-refractivity contribution in [3.05, 3.63) is 30.0 Å². The van der Waals surface area contributed by atoms with Crippen LogP contribution in [-0.2, 0) is 4.74 Å². The Morgan fingerprint density at radius 2 is 1.87 bits per heavy atom. The van der Waals surface area contributed by atoms with E-state index in [0.717, 1.165) is 18.9 Å². The molecular weight excluding hydrogens is 408 g/mol. The van der Waals surface area contributed by atoms with Gasteiger partial charge in [-0.05, 0) is 18.9 Å². The zero-order valence-corrected chi connectivity index (χ0v) is 17.5. The van der Waals surface area contributed by atoms with Crippen LogP contribution in [0.15, 0.2) is 18.3 Å². The minimum absolute atomic E-state index is 0.0384. The Hall–Kier alpha value is -3.27. The Morgan fingerprint density at radius 1 is 1.13 bits per heavy atom. The van der Waals surface area contributed by atoms with Crippen molar-refractivity contribution < 1.29 is 23.0 Å². The summed E-state index contributed by atoms with van der Waals surface area (Å²) in [5, 5.41) is 6.68. The highest BCUT2D eigenvalue weighted by Crippen LogP contribution is 2.38. The van der Waals surface area contributed by atoms with E-state index in [9.17, 15) is 0 Å². The molecule has 1 aliphatic rings. The van der Waals surface area contributed by atoms with Crippen molar-refractivity contribution in [2.24, 2.45) is 0 Å². The lowest BCUT2D eigenvalue weighted by Gasteiger charge is -2.16. The summed E-state index contributed by atoms with van der Waals surface area (Å²) >= 11 is 0. The van der Waals surface area contributed by atoms with E-state index in [4.69, 9.17) is 14.2 Å². The van der Waals surface area contributed by atoms with Gasteiger partial charge in [-0.15, -0.1) is 0 Å². The van der Waals surface area contributed by atoms with Gasteiger partial charge in [0.15, 0.2) is 29.0 Å². The maximum atomic E-state index is 15.1. The Bertz CT molecular complexity index is 1080. The number of halogens is 2. The van der Waals surface area contributed by atoms with Crippen LogP contribution in [-0.4, -0.2) is 55.5 Å². The van der Waals surface area contributed by atoms with Gasteiger partial charge in [0.1, 0.15) is 5.52 Å². The Labute approximate surface area is 178 Å². The number of fused-ring (bicyclic) bond motifs is 1. The van der Waals surface area contributed by atoms with E-state index in [0.29, 0.717) is 35.8 Å². The fourth-order valence-corrected chi connectivity index (χ4v) is 3.54. The lowest BCUT2D eigenvalue weighted by Crippen LogP contribution is -2.19. The summed E-state index contributed by atoms with van der Waals surface area (Å²) in [6.45, 7) is 1.21. The maximum Gasteiger partial charge on any atom is 0.223 e. The molecule has 164 valence electrons. The third-order valence-corrected chi connectivity index (χ3v) is 5.14. The van der Waals surface area contributed by atoms with E-state index >= 15 is 8.78 Å². The number of methoxy groups -OCH3 is 2. The SMILES string of the molecule is CNc1ncc2cc(-c3c(F)c(OC)cc(OC)c3F)nc(NCC3CCCO3)c2n1. The molecule has 0 saturated carbocycles. The molecule has 1 fully saturated rings. The molecule has 3 heterocycles. The van der Waals surface area contributed by atoms with Crippen LogP contribution in [0.25, 0.3) is 22.2 Å². The Morgan fingerprint density at radius 3 is 2.48 bits per heavy atom. The second-order valence-electron chi connectivity index (χ2n) is 7.04. The first-order valence-electron chi connectivity index (χ1n) is 9.87. The lowest BCUT2D eigenvalue weighted by molar-refractivity contribution is 0.120. The molecule has 0 bridgehead atoms. The van der Waals surface area contributed by atoms with Crippen LogP contribution in [0.5, 0.6) is 11.5 Å². The van der Waals surface area contributed by atoms with Crippen LogP contribution in [0.4, 0.5) is 20.5 Å². The molecule has 31 heavy (non-hydrogen) atoms. The van der Waals surface area contributed by atoms with E-state index in [1.807, 2.05) is 0 Å². The van der Waals surface area contributed by atoms with Crippen LogP contribution < -0.4 is 20.1 Å². The number of aromatic nitrogens is 3. The number of ether oxygens (including phenoxy) is 3. The molecule has 0 spiro atoms. The zero-order chi connectivity index (χ0) is 22.0. The molecule has 2 N–H and O–H groups in total.